The molecule has 0 bridgehead atoms. The average molecular weight is 787 g/mol. The summed E-state index contributed by atoms with van der Waals surface area (Å²) >= 11 is 0. The maximum atomic E-state index is 2.42. The third-order valence-corrected chi connectivity index (χ3v) is 13.1. The Kier molecular flexibility index (Phi) is 7.64. The molecule has 0 atom stereocenters. The predicted octanol–water partition coefficient (Wildman–Crippen LogP) is 16.3. The van der Waals surface area contributed by atoms with E-state index in [1.807, 2.05) is 0 Å². The van der Waals surface area contributed by atoms with Crippen molar-refractivity contribution in [1.82, 2.24) is 9.13 Å². The van der Waals surface area contributed by atoms with Gasteiger partial charge in [0.15, 0.2) is 0 Å². The second-order valence-electron chi connectivity index (χ2n) is 16.5. The summed E-state index contributed by atoms with van der Waals surface area (Å²) in [6.07, 6.45) is 0. The summed E-state index contributed by atoms with van der Waals surface area (Å²) in [5, 5.41) is 12.8. The molecular formula is C60H38N2. The lowest BCUT2D eigenvalue weighted by Gasteiger charge is -2.13. The van der Waals surface area contributed by atoms with Crippen molar-refractivity contribution in [2.75, 3.05) is 0 Å². The van der Waals surface area contributed by atoms with E-state index in [1.54, 1.807) is 0 Å². The average Bonchev–Trinajstić information content (AvgIpc) is 3.86. The summed E-state index contributed by atoms with van der Waals surface area (Å²) < 4.78 is 4.80. The highest BCUT2D eigenvalue weighted by Crippen LogP contribution is 2.40. The SMILES string of the molecule is c1ccc(-n2c3ccccc3c3cc(-c4ccc5c(c4)c4ccccc4n5-c4cccc(-c5ccc(-c6ccc7c8ccccc8c8ccccc8c7c6)cc5)c4)ccc32)cc1. The van der Waals surface area contributed by atoms with E-state index in [2.05, 4.69) is 240 Å². The number of benzene rings is 11. The van der Waals surface area contributed by atoms with Gasteiger partial charge < -0.3 is 9.13 Å². The van der Waals surface area contributed by atoms with Gasteiger partial charge in [-0.3, -0.25) is 0 Å². The molecule has 0 unspecified atom stereocenters. The van der Waals surface area contributed by atoms with Gasteiger partial charge in [0.1, 0.15) is 0 Å². The van der Waals surface area contributed by atoms with Crippen LogP contribution in [0.25, 0.3) is 121 Å². The van der Waals surface area contributed by atoms with Gasteiger partial charge in [-0.05, 0) is 132 Å². The standard InChI is InChI=1S/C60H38N2/c1-2-14-45(15-3-1)61-57-23-10-8-21-52(57)55-37-43(30-33-59(55)61)44-31-34-60-56(38-44)53-22-9-11-24-58(53)62(60)46-16-12-13-41(35-46)39-25-27-40(28-26-39)42-29-32-51-49-19-5-4-17-47(49)48-18-6-7-20-50(48)54(51)36-42/h1-38H. The minimum Gasteiger partial charge on any atom is -0.309 e. The molecule has 13 rings (SSSR count). The minimum absolute atomic E-state index is 1.15. The predicted molar refractivity (Wildman–Crippen MR) is 264 cm³/mol. The molecule has 2 nitrogen and oxygen atoms in total. The molecule has 0 amide bonds. The lowest BCUT2D eigenvalue weighted by atomic mass is 9.92. The largest absolute Gasteiger partial charge is 0.309 e. The Hall–Kier alpha value is -8.20. The van der Waals surface area contributed by atoms with Gasteiger partial charge in [-0.1, -0.05) is 164 Å². The highest BCUT2D eigenvalue weighted by Gasteiger charge is 2.17. The minimum atomic E-state index is 1.15. The lowest BCUT2D eigenvalue weighted by Crippen LogP contribution is -1.94. The Morgan fingerprint density at radius 1 is 0.177 bits per heavy atom. The van der Waals surface area contributed by atoms with E-state index in [0.717, 1.165) is 5.69 Å². The van der Waals surface area contributed by atoms with Gasteiger partial charge in [0.05, 0.1) is 22.1 Å². The van der Waals surface area contributed by atoms with Crippen LogP contribution in [0.5, 0.6) is 0 Å². The van der Waals surface area contributed by atoms with E-state index in [9.17, 15) is 0 Å². The molecule has 0 fully saturated rings. The van der Waals surface area contributed by atoms with Crippen LogP contribution >= 0.6 is 0 Å². The fourth-order valence-corrected chi connectivity index (χ4v) is 10.2. The summed E-state index contributed by atoms with van der Waals surface area (Å²) in [7, 11) is 0. The van der Waals surface area contributed by atoms with E-state index in [0.29, 0.717) is 0 Å². The Bertz CT molecular complexity index is 3870. The molecular weight excluding hydrogens is 749 g/mol. The molecule has 2 aromatic heterocycles. The highest BCUT2D eigenvalue weighted by atomic mass is 15.0. The van der Waals surface area contributed by atoms with Crippen molar-refractivity contribution in [2.45, 2.75) is 0 Å². The fourth-order valence-electron chi connectivity index (χ4n) is 10.2. The van der Waals surface area contributed by atoms with Crippen molar-refractivity contribution in [1.29, 1.82) is 0 Å². The number of nitrogens with zero attached hydrogens (tertiary/aromatic N) is 2. The van der Waals surface area contributed by atoms with Gasteiger partial charge >= 0.3 is 0 Å². The lowest BCUT2D eigenvalue weighted by molar-refractivity contribution is 1.18. The Morgan fingerprint density at radius 2 is 0.532 bits per heavy atom. The molecule has 0 saturated heterocycles. The van der Waals surface area contributed by atoms with Crippen molar-refractivity contribution in [3.8, 4) is 44.8 Å². The molecule has 62 heavy (non-hydrogen) atoms. The van der Waals surface area contributed by atoms with Gasteiger partial charge in [0, 0.05) is 32.9 Å². The van der Waals surface area contributed by atoms with Crippen molar-refractivity contribution in [3.05, 3.63) is 231 Å². The molecule has 2 heterocycles. The van der Waals surface area contributed by atoms with Crippen LogP contribution in [0.15, 0.2) is 231 Å². The topological polar surface area (TPSA) is 9.86 Å². The molecule has 288 valence electrons. The molecule has 0 aliphatic carbocycles. The number of aromatic nitrogens is 2. The number of hydrogen-bond donors (Lipinski definition) is 0. The smallest absolute Gasteiger partial charge is 0.0541 e. The zero-order chi connectivity index (χ0) is 40.7. The van der Waals surface area contributed by atoms with Crippen LogP contribution < -0.4 is 0 Å². The van der Waals surface area contributed by atoms with Gasteiger partial charge in [-0.25, -0.2) is 0 Å². The van der Waals surface area contributed by atoms with E-state index in [-0.39, 0.29) is 0 Å². The first kappa shape index (κ1) is 34.6. The van der Waals surface area contributed by atoms with Crippen molar-refractivity contribution in [3.63, 3.8) is 0 Å². The summed E-state index contributed by atoms with van der Waals surface area (Å²) in [6, 6.07) is 84.7. The third-order valence-electron chi connectivity index (χ3n) is 13.1. The van der Waals surface area contributed by atoms with Gasteiger partial charge in [-0.2, -0.15) is 0 Å². The van der Waals surface area contributed by atoms with Crippen molar-refractivity contribution in [2.24, 2.45) is 0 Å². The highest BCUT2D eigenvalue weighted by molar-refractivity contribution is 6.25. The quantitative estimate of drug-likeness (QED) is 0.154. The summed E-state index contributed by atoms with van der Waals surface area (Å²) in [5.41, 5.74) is 14.4. The van der Waals surface area contributed by atoms with E-state index >= 15 is 0 Å². The maximum Gasteiger partial charge on any atom is 0.0541 e. The molecule has 0 N–H and O–H groups in total. The Balaban J connectivity index is 0.875. The van der Waals surface area contributed by atoms with Crippen molar-refractivity contribution >= 4 is 75.9 Å². The number of hydrogen-bond acceptors (Lipinski definition) is 0. The monoisotopic (exact) mass is 786 g/mol. The van der Waals surface area contributed by atoms with Gasteiger partial charge in [-0.15, -0.1) is 0 Å². The number of para-hydroxylation sites is 3. The number of fused-ring (bicyclic) bond motifs is 12. The molecule has 0 aliphatic heterocycles. The maximum absolute atomic E-state index is 2.42. The first-order valence-corrected chi connectivity index (χ1v) is 21.4. The van der Waals surface area contributed by atoms with E-state index < -0.39 is 0 Å². The zero-order valence-electron chi connectivity index (χ0n) is 33.8. The van der Waals surface area contributed by atoms with E-state index in [1.165, 1.54) is 115 Å². The zero-order valence-corrected chi connectivity index (χ0v) is 33.8. The second kappa shape index (κ2) is 13.7. The summed E-state index contributed by atoms with van der Waals surface area (Å²) in [4.78, 5) is 0. The molecule has 13 aromatic rings. The van der Waals surface area contributed by atoms with Crippen LogP contribution in [-0.4, -0.2) is 9.13 Å². The van der Waals surface area contributed by atoms with Crippen LogP contribution in [-0.2, 0) is 0 Å². The Labute approximate surface area is 358 Å². The van der Waals surface area contributed by atoms with Crippen molar-refractivity contribution < 1.29 is 0 Å². The fraction of sp³-hybridized carbons (Fsp3) is 0. The van der Waals surface area contributed by atoms with Crippen LogP contribution in [0.4, 0.5) is 0 Å². The van der Waals surface area contributed by atoms with Crippen LogP contribution in [0, 0.1) is 0 Å². The molecule has 11 aromatic carbocycles. The van der Waals surface area contributed by atoms with Crippen LogP contribution in [0.1, 0.15) is 0 Å². The first-order valence-electron chi connectivity index (χ1n) is 21.4. The molecule has 0 spiro atoms. The number of rotatable bonds is 5. The summed E-state index contributed by atoms with van der Waals surface area (Å²) in [6.45, 7) is 0. The summed E-state index contributed by atoms with van der Waals surface area (Å²) in [5.74, 6) is 0. The molecule has 0 radical (unpaired) electrons. The normalized spacial score (nSPS) is 11.9. The van der Waals surface area contributed by atoms with Crippen LogP contribution in [0.2, 0.25) is 0 Å². The van der Waals surface area contributed by atoms with Crippen LogP contribution in [0.3, 0.4) is 0 Å². The second-order valence-corrected chi connectivity index (χ2v) is 16.5. The molecule has 2 heteroatoms. The van der Waals surface area contributed by atoms with Gasteiger partial charge in [0.25, 0.3) is 0 Å². The van der Waals surface area contributed by atoms with E-state index in [4.69, 9.17) is 0 Å². The third kappa shape index (κ3) is 5.30. The van der Waals surface area contributed by atoms with Gasteiger partial charge in [0.2, 0.25) is 0 Å². The first-order chi connectivity index (χ1) is 30.7. The molecule has 0 saturated carbocycles. The molecule has 0 aliphatic rings. The Morgan fingerprint density at radius 3 is 1.10 bits per heavy atom.